The third kappa shape index (κ3) is 1.71. The van der Waals surface area contributed by atoms with E-state index < -0.39 is 0 Å². The zero-order valence-corrected chi connectivity index (χ0v) is 12.5. The lowest BCUT2D eigenvalue weighted by molar-refractivity contribution is -0.119. The molecule has 0 aromatic carbocycles. The van der Waals surface area contributed by atoms with E-state index in [4.69, 9.17) is 0 Å². The highest BCUT2D eigenvalue weighted by Gasteiger charge is 2.51. The molecule has 4 rings (SSSR count). The molecule has 1 nitrogen and oxygen atoms in total. The van der Waals surface area contributed by atoms with Gasteiger partial charge in [0.2, 0.25) is 0 Å². The molecule has 20 heavy (non-hydrogen) atoms. The highest BCUT2D eigenvalue weighted by molar-refractivity contribution is 5.82. The lowest BCUT2D eigenvalue weighted by Gasteiger charge is -2.50. The zero-order chi connectivity index (χ0) is 13.7. The van der Waals surface area contributed by atoms with Crippen LogP contribution in [0.2, 0.25) is 0 Å². The first kappa shape index (κ1) is 12.9. The van der Waals surface area contributed by atoms with Crippen LogP contribution in [0.25, 0.3) is 0 Å². The van der Waals surface area contributed by atoms with Gasteiger partial charge in [-0.2, -0.15) is 0 Å². The molecule has 1 heteroatoms. The Balaban J connectivity index is 1.66. The summed E-state index contributed by atoms with van der Waals surface area (Å²) in [5, 5.41) is 0. The van der Waals surface area contributed by atoms with Gasteiger partial charge in [0.05, 0.1) is 0 Å². The van der Waals surface area contributed by atoms with Gasteiger partial charge in [-0.3, -0.25) is 4.79 Å². The lowest BCUT2D eigenvalue weighted by Crippen LogP contribution is -2.42. The van der Waals surface area contributed by atoms with E-state index in [1.54, 1.807) is 11.1 Å². The van der Waals surface area contributed by atoms with E-state index in [1.165, 1.54) is 44.9 Å². The molecule has 0 heterocycles. The Hall–Kier alpha value is -0.850. The molecule has 0 aromatic heterocycles. The molecule has 0 aromatic rings. The first-order valence-electron chi connectivity index (χ1n) is 8.59. The summed E-state index contributed by atoms with van der Waals surface area (Å²) < 4.78 is 0. The second-order valence-electron chi connectivity index (χ2n) is 7.63. The highest BCUT2D eigenvalue weighted by Crippen LogP contribution is 2.61. The van der Waals surface area contributed by atoms with Gasteiger partial charge in [-0.1, -0.05) is 23.6 Å². The van der Waals surface area contributed by atoms with Gasteiger partial charge >= 0.3 is 0 Å². The van der Waals surface area contributed by atoms with E-state index in [2.05, 4.69) is 12.7 Å². The van der Waals surface area contributed by atoms with Crippen LogP contribution in [0, 0.1) is 23.2 Å². The van der Waals surface area contributed by atoms with E-state index >= 15 is 0 Å². The van der Waals surface area contributed by atoms with Crippen molar-refractivity contribution in [3.8, 4) is 0 Å². The minimum atomic E-state index is 0.476. The Kier molecular flexibility index (Phi) is 2.94. The Bertz CT molecular complexity index is 486. The van der Waals surface area contributed by atoms with Gasteiger partial charge < -0.3 is 0 Å². The fraction of sp³-hybridized carbons (Fsp3) is 0.737. The summed E-state index contributed by atoms with van der Waals surface area (Å²) in [6.45, 7) is 4.19. The number of hydrogen-bond donors (Lipinski definition) is 0. The maximum Gasteiger partial charge on any atom is 0.137 e. The van der Waals surface area contributed by atoms with Gasteiger partial charge in [0.1, 0.15) is 5.78 Å². The number of ketones is 1. The second-order valence-corrected chi connectivity index (χ2v) is 7.63. The van der Waals surface area contributed by atoms with Gasteiger partial charge in [-0.15, -0.1) is 6.58 Å². The number of fused-ring (bicyclic) bond motifs is 4. The smallest absolute Gasteiger partial charge is 0.137 e. The molecule has 0 unspecified atom stereocenters. The first-order chi connectivity index (χ1) is 9.73. The van der Waals surface area contributed by atoms with Crippen LogP contribution in [-0.2, 0) is 4.79 Å². The zero-order valence-electron chi connectivity index (χ0n) is 12.5. The number of allylic oxidation sites excluding steroid dienone is 3. The second kappa shape index (κ2) is 4.58. The van der Waals surface area contributed by atoms with Crippen molar-refractivity contribution in [2.24, 2.45) is 23.2 Å². The molecule has 2 saturated carbocycles. The molecule has 2 fully saturated rings. The molecular formula is C19H26O. The molecule has 0 spiro atoms. The van der Waals surface area contributed by atoms with Crippen LogP contribution < -0.4 is 0 Å². The fourth-order valence-corrected chi connectivity index (χ4v) is 6.11. The molecule has 0 amide bonds. The van der Waals surface area contributed by atoms with Gasteiger partial charge in [0.15, 0.2) is 0 Å². The quantitative estimate of drug-likeness (QED) is 0.624. The number of Topliss-reactive ketones (excluding diaryl/α,β-unsaturated/α-hetero) is 1. The van der Waals surface area contributed by atoms with Crippen molar-refractivity contribution in [2.75, 3.05) is 0 Å². The number of rotatable bonds is 1. The predicted octanol–water partition coefficient (Wildman–Crippen LogP) is 4.83. The van der Waals surface area contributed by atoms with E-state index in [9.17, 15) is 4.79 Å². The van der Waals surface area contributed by atoms with Crippen molar-refractivity contribution in [3.63, 3.8) is 0 Å². The Morgan fingerprint density at radius 1 is 1.10 bits per heavy atom. The van der Waals surface area contributed by atoms with Crippen molar-refractivity contribution >= 4 is 5.78 Å². The summed E-state index contributed by atoms with van der Waals surface area (Å²) in [4.78, 5) is 11.7. The average molecular weight is 270 g/mol. The minimum absolute atomic E-state index is 0.476. The summed E-state index contributed by atoms with van der Waals surface area (Å²) >= 11 is 0. The van der Waals surface area contributed by atoms with Gasteiger partial charge in [0, 0.05) is 12.8 Å². The lowest BCUT2D eigenvalue weighted by atomic mass is 9.54. The Morgan fingerprint density at radius 2 is 2.00 bits per heavy atom. The third-order valence-electron chi connectivity index (χ3n) is 7.02. The monoisotopic (exact) mass is 270 g/mol. The van der Waals surface area contributed by atoms with E-state index in [1.807, 2.05) is 0 Å². The van der Waals surface area contributed by atoms with Crippen LogP contribution >= 0.6 is 0 Å². The molecule has 0 N–H and O–H groups in total. The van der Waals surface area contributed by atoms with Crippen molar-refractivity contribution < 1.29 is 4.79 Å². The summed E-state index contributed by atoms with van der Waals surface area (Å²) in [6, 6.07) is 0. The van der Waals surface area contributed by atoms with Gasteiger partial charge in [0.25, 0.3) is 0 Å². The van der Waals surface area contributed by atoms with Crippen molar-refractivity contribution in [2.45, 2.75) is 64.2 Å². The molecule has 0 radical (unpaired) electrons. The summed E-state index contributed by atoms with van der Waals surface area (Å²) in [7, 11) is 0. The summed E-state index contributed by atoms with van der Waals surface area (Å²) in [5.74, 6) is 3.10. The number of hydrogen-bond acceptors (Lipinski definition) is 1. The maximum atomic E-state index is 11.7. The molecule has 4 aliphatic carbocycles. The van der Waals surface area contributed by atoms with Crippen LogP contribution in [0.4, 0.5) is 0 Å². The number of carbonyl (C=O) groups is 1. The van der Waals surface area contributed by atoms with Crippen molar-refractivity contribution in [1.29, 1.82) is 0 Å². The van der Waals surface area contributed by atoms with Crippen LogP contribution in [0.3, 0.4) is 0 Å². The largest absolute Gasteiger partial charge is 0.299 e. The van der Waals surface area contributed by atoms with Crippen molar-refractivity contribution in [3.05, 3.63) is 23.8 Å². The molecule has 108 valence electrons. The molecule has 4 aliphatic rings. The van der Waals surface area contributed by atoms with Crippen LogP contribution in [-0.4, -0.2) is 5.78 Å². The van der Waals surface area contributed by atoms with E-state index in [-0.39, 0.29) is 0 Å². The first-order valence-corrected chi connectivity index (χ1v) is 8.59. The fourth-order valence-electron chi connectivity index (χ4n) is 6.11. The normalized spacial score (nSPS) is 43.8. The minimum Gasteiger partial charge on any atom is -0.299 e. The SMILES string of the molecule is C=C[C@@]12CCC[C@H]1[C@@H]1CCC3=C(CCC(=O)C3)[C@H]1CC2. The predicted molar refractivity (Wildman–Crippen MR) is 81.3 cm³/mol. The van der Waals surface area contributed by atoms with Crippen LogP contribution in [0.15, 0.2) is 23.8 Å². The maximum absolute atomic E-state index is 11.7. The van der Waals surface area contributed by atoms with Gasteiger partial charge in [-0.05, 0) is 68.1 Å². The summed E-state index contributed by atoms with van der Waals surface area (Å²) in [5.41, 5.74) is 3.75. The average Bonchev–Trinajstić information content (AvgIpc) is 2.91. The number of carbonyl (C=O) groups excluding carboxylic acids is 1. The van der Waals surface area contributed by atoms with Crippen LogP contribution in [0.1, 0.15) is 64.2 Å². The van der Waals surface area contributed by atoms with E-state index in [0.29, 0.717) is 11.2 Å². The molecular weight excluding hydrogens is 244 g/mol. The summed E-state index contributed by atoms with van der Waals surface area (Å²) in [6.07, 6.45) is 14.5. The molecule has 4 atom stereocenters. The Labute approximate surface area is 122 Å². The standard InChI is InChI=1S/C19H26O/c1-2-19-10-3-4-18(19)17-7-5-13-12-14(20)6-8-15(13)16(17)9-11-19/h2,16-18H,1,3-12H2/t16-,17-,18+,19+/m1/s1. The topological polar surface area (TPSA) is 17.1 Å². The molecule has 0 bridgehead atoms. The highest BCUT2D eigenvalue weighted by atomic mass is 16.1. The van der Waals surface area contributed by atoms with Crippen molar-refractivity contribution in [1.82, 2.24) is 0 Å². The molecule has 0 saturated heterocycles. The van der Waals surface area contributed by atoms with Gasteiger partial charge in [-0.25, -0.2) is 0 Å². The molecule has 0 aliphatic heterocycles. The third-order valence-corrected chi connectivity index (χ3v) is 7.02. The van der Waals surface area contributed by atoms with E-state index in [0.717, 1.165) is 37.0 Å². The Morgan fingerprint density at radius 3 is 2.85 bits per heavy atom. The van der Waals surface area contributed by atoms with Crippen LogP contribution in [0.5, 0.6) is 0 Å².